The van der Waals surface area contributed by atoms with Crippen molar-refractivity contribution in [2.45, 2.75) is 19.8 Å². The number of nitrogens with zero attached hydrogens (tertiary/aromatic N) is 1. The largest absolute Gasteiger partial charge is 0.492 e. The molecule has 1 aromatic rings. The molecular weight excluding hydrogens is 240 g/mol. The van der Waals surface area contributed by atoms with Gasteiger partial charge in [-0.25, -0.2) is 0 Å². The Morgan fingerprint density at radius 1 is 1.37 bits per heavy atom. The quantitative estimate of drug-likeness (QED) is 0.792. The maximum absolute atomic E-state index is 11.7. The Kier molecular flexibility index (Phi) is 5.21. The van der Waals surface area contributed by atoms with Crippen LogP contribution in [0.2, 0.25) is 0 Å². The van der Waals surface area contributed by atoms with Crippen LogP contribution < -0.4 is 10.1 Å². The summed E-state index contributed by atoms with van der Waals surface area (Å²) < 4.78 is 5.61. The minimum absolute atomic E-state index is 0.202. The molecule has 1 amide bonds. The molecule has 2 rings (SSSR count). The number of carbonyl (C=O) groups is 1. The van der Waals surface area contributed by atoms with E-state index in [1.165, 1.54) is 5.56 Å². The van der Waals surface area contributed by atoms with Crippen molar-refractivity contribution in [3.8, 4) is 5.75 Å². The fourth-order valence-corrected chi connectivity index (χ4v) is 2.22. The van der Waals surface area contributed by atoms with Gasteiger partial charge in [0.25, 0.3) is 0 Å². The van der Waals surface area contributed by atoms with Crippen LogP contribution in [0.15, 0.2) is 24.3 Å². The molecule has 1 aliphatic heterocycles. The smallest absolute Gasteiger partial charge is 0.236 e. The molecule has 0 aliphatic carbocycles. The van der Waals surface area contributed by atoms with Crippen LogP contribution in [-0.4, -0.2) is 43.6 Å². The summed E-state index contributed by atoms with van der Waals surface area (Å²) in [7, 11) is 0. The third-order valence-corrected chi connectivity index (χ3v) is 3.27. The highest BCUT2D eigenvalue weighted by molar-refractivity contribution is 5.78. The lowest BCUT2D eigenvalue weighted by Gasteiger charge is -2.15. The van der Waals surface area contributed by atoms with Gasteiger partial charge >= 0.3 is 0 Å². The second-order valence-electron chi connectivity index (χ2n) is 4.93. The van der Waals surface area contributed by atoms with Crippen molar-refractivity contribution in [2.24, 2.45) is 0 Å². The van der Waals surface area contributed by atoms with E-state index in [2.05, 4.69) is 5.32 Å². The van der Waals surface area contributed by atoms with Crippen molar-refractivity contribution < 1.29 is 9.53 Å². The first-order chi connectivity index (χ1) is 9.25. The summed E-state index contributed by atoms with van der Waals surface area (Å²) in [6, 6.07) is 7.98. The normalized spacial score (nSPS) is 14.7. The molecule has 4 heteroatoms. The third-order valence-electron chi connectivity index (χ3n) is 3.27. The van der Waals surface area contributed by atoms with Gasteiger partial charge in [-0.15, -0.1) is 0 Å². The lowest BCUT2D eigenvalue weighted by atomic mass is 10.2. The molecule has 0 unspecified atom stereocenters. The third kappa shape index (κ3) is 4.56. The standard InChI is InChI=1S/C15H22N2O2/c1-13-5-4-6-14(11-13)19-10-7-16-12-15(18)17-8-2-3-9-17/h4-6,11,16H,2-3,7-10,12H2,1H3. The molecule has 0 radical (unpaired) electrons. The Bertz CT molecular complexity index is 414. The number of likely N-dealkylation sites (tertiary alicyclic amines) is 1. The van der Waals surface area contributed by atoms with E-state index in [-0.39, 0.29) is 5.91 Å². The number of hydrogen-bond donors (Lipinski definition) is 1. The number of benzene rings is 1. The zero-order valence-corrected chi connectivity index (χ0v) is 11.5. The number of aryl methyl sites for hydroxylation is 1. The lowest BCUT2D eigenvalue weighted by Crippen LogP contribution is -2.37. The van der Waals surface area contributed by atoms with Gasteiger partial charge in [-0.1, -0.05) is 12.1 Å². The Morgan fingerprint density at radius 3 is 2.89 bits per heavy atom. The van der Waals surface area contributed by atoms with Crippen LogP contribution in [0.3, 0.4) is 0 Å². The highest BCUT2D eigenvalue weighted by Crippen LogP contribution is 2.11. The first-order valence-corrected chi connectivity index (χ1v) is 6.94. The molecule has 0 spiro atoms. The average molecular weight is 262 g/mol. The minimum Gasteiger partial charge on any atom is -0.492 e. The molecule has 0 atom stereocenters. The van der Waals surface area contributed by atoms with Gasteiger partial charge in [0.1, 0.15) is 12.4 Å². The Labute approximate surface area is 114 Å². The van der Waals surface area contributed by atoms with Crippen LogP contribution in [-0.2, 0) is 4.79 Å². The molecule has 0 aromatic heterocycles. The Morgan fingerprint density at radius 2 is 2.16 bits per heavy atom. The van der Waals surface area contributed by atoms with E-state index in [9.17, 15) is 4.79 Å². The van der Waals surface area contributed by atoms with Gasteiger partial charge in [0.15, 0.2) is 0 Å². The number of rotatable bonds is 6. The molecule has 1 heterocycles. The van der Waals surface area contributed by atoms with E-state index < -0.39 is 0 Å². The van der Waals surface area contributed by atoms with Crippen molar-refractivity contribution >= 4 is 5.91 Å². The zero-order valence-electron chi connectivity index (χ0n) is 11.5. The van der Waals surface area contributed by atoms with Crippen molar-refractivity contribution in [3.05, 3.63) is 29.8 Å². The van der Waals surface area contributed by atoms with Gasteiger partial charge in [-0.2, -0.15) is 0 Å². The molecule has 19 heavy (non-hydrogen) atoms. The Hall–Kier alpha value is -1.55. The first kappa shape index (κ1) is 13.9. The summed E-state index contributed by atoms with van der Waals surface area (Å²) >= 11 is 0. The maximum atomic E-state index is 11.7. The maximum Gasteiger partial charge on any atom is 0.236 e. The van der Waals surface area contributed by atoms with E-state index >= 15 is 0 Å². The number of ether oxygens (including phenoxy) is 1. The molecule has 104 valence electrons. The monoisotopic (exact) mass is 262 g/mol. The summed E-state index contributed by atoms with van der Waals surface area (Å²) in [5.41, 5.74) is 1.19. The van der Waals surface area contributed by atoms with Crippen molar-refractivity contribution in [1.82, 2.24) is 10.2 Å². The van der Waals surface area contributed by atoms with E-state index in [0.717, 1.165) is 31.7 Å². The highest BCUT2D eigenvalue weighted by atomic mass is 16.5. The molecule has 0 bridgehead atoms. The molecule has 1 fully saturated rings. The van der Waals surface area contributed by atoms with Crippen molar-refractivity contribution in [2.75, 3.05) is 32.8 Å². The number of amides is 1. The fraction of sp³-hybridized carbons (Fsp3) is 0.533. The summed E-state index contributed by atoms with van der Waals surface area (Å²) in [4.78, 5) is 13.7. The lowest BCUT2D eigenvalue weighted by molar-refractivity contribution is -0.129. The molecule has 1 aliphatic rings. The van der Waals surface area contributed by atoms with Gasteiger partial charge in [0, 0.05) is 19.6 Å². The van der Waals surface area contributed by atoms with Crippen LogP contribution in [0.5, 0.6) is 5.75 Å². The first-order valence-electron chi connectivity index (χ1n) is 6.94. The van der Waals surface area contributed by atoms with Crippen molar-refractivity contribution in [1.29, 1.82) is 0 Å². The SMILES string of the molecule is Cc1cccc(OCCNCC(=O)N2CCCC2)c1. The molecule has 4 nitrogen and oxygen atoms in total. The average Bonchev–Trinajstić information content (AvgIpc) is 2.92. The number of nitrogens with one attached hydrogen (secondary N) is 1. The van der Waals surface area contributed by atoms with Crippen LogP contribution in [0, 0.1) is 6.92 Å². The van der Waals surface area contributed by atoms with Gasteiger partial charge in [-0.3, -0.25) is 4.79 Å². The number of hydrogen-bond acceptors (Lipinski definition) is 3. The molecule has 0 saturated carbocycles. The van der Waals surface area contributed by atoms with E-state index in [1.54, 1.807) is 0 Å². The summed E-state index contributed by atoms with van der Waals surface area (Å²) in [6.07, 6.45) is 2.28. The van der Waals surface area contributed by atoms with Gasteiger partial charge in [0.05, 0.1) is 6.54 Å². The number of carbonyl (C=O) groups excluding carboxylic acids is 1. The molecule has 1 N–H and O–H groups in total. The van der Waals surface area contributed by atoms with Gasteiger partial charge in [-0.05, 0) is 37.5 Å². The summed E-state index contributed by atoms with van der Waals surface area (Å²) in [5.74, 6) is 1.08. The zero-order chi connectivity index (χ0) is 13.5. The molecule has 1 aromatic carbocycles. The predicted octanol–water partition coefficient (Wildman–Crippen LogP) is 1.59. The summed E-state index contributed by atoms with van der Waals surface area (Å²) in [5, 5.41) is 3.13. The highest BCUT2D eigenvalue weighted by Gasteiger charge is 2.16. The van der Waals surface area contributed by atoms with Crippen LogP contribution in [0.25, 0.3) is 0 Å². The minimum atomic E-state index is 0.202. The predicted molar refractivity (Wildman–Crippen MR) is 75.4 cm³/mol. The van der Waals surface area contributed by atoms with E-state index in [0.29, 0.717) is 19.7 Å². The topological polar surface area (TPSA) is 41.6 Å². The van der Waals surface area contributed by atoms with Crippen LogP contribution in [0.1, 0.15) is 18.4 Å². The van der Waals surface area contributed by atoms with Crippen LogP contribution in [0.4, 0.5) is 0 Å². The van der Waals surface area contributed by atoms with Gasteiger partial charge in [0.2, 0.25) is 5.91 Å². The van der Waals surface area contributed by atoms with E-state index in [1.807, 2.05) is 36.1 Å². The van der Waals surface area contributed by atoms with Gasteiger partial charge < -0.3 is 15.0 Å². The molecular formula is C15H22N2O2. The van der Waals surface area contributed by atoms with E-state index in [4.69, 9.17) is 4.74 Å². The fourth-order valence-electron chi connectivity index (χ4n) is 2.22. The Balaban J connectivity index is 1.58. The van der Waals surface area contributed by atoms with Crippen LogP contribution >= 0.6 is 0 Å². The molecule has 1 saturated heterocycles. The second-order valence-corrected chi connectivity index (χ2v) is 4.93. The van der Waals surface area contributed by atoms with Crippen molar-refractivity contribution in [3.63, 3.8) is 0 Å². The summed E-state index contributed by atoms with van der Waals surface area (Å²) in [6.45, 7) is 5.56. The second kappa shape index (κ2) is 7.14.